The van der Waals surface area contributed by atoms with Crippen LogP contribution in [0.4, 0.5) is 0 Å². The molecule has 1 heterocycles. The molecule has 1 unspecified atom stereocenters. The number of hydrogen-bond acceptors (Lipinski definition) is 4. The maximum Gasteiger partial charge on any atom is 0.279 e. The van der Waals surface area contributed by atoms with E-state index in [1.807, 2.05) is 6.26 Å². The molecule has 1 aliphatic heterocycles. The van der Waals surface area contributed by atoms with Crippen LogP contribution < -0.4 is 10.0 Å². The van der Waals surface area contributed by atoms with Gasteiger partial charge in [0, 0.05) is 25.7 Å². The fourth-order valence-corrected chi connectivity index (χ4v) is 4.49. The molecular formula is C14H31N3O2S2. The zero-order valence-electron chi connectivity index (χ0n) is 13.8. The molecular weight excluding hydrogens is 306 g/mol. The van der Waals surface area contributed by atoms with E-state index in [1.165, 1.54) is 0 Å². The minimum atomic E-state index is -3.30. The van der Waals surface area contributed by atoms with Gasteiger partial charge in [-0.05, 0) is 43.2 Å². The van der Waals surface area contributed by atoms with Gasteiger partial charge in [-0.2, -0.15) is 24.5 Å². The van der Waals surface area contributed by atoms with Crippen LogP contribution in [0.3, 0.4) is 0 Å². The van der Waals surface area contributed by atoms with Crippen LogP contribution in [0.25, 0.3) is 0 Å². The molecule has 0 bridgehead atoms. The lowest BCUT2D eigenvalue weighted by Crippen LogP contribution is -2.47. The van der Waals surface area contributed by atoms with Crippen molar-refractivity contribution in [1.82, 2.24) is 14.3 Å². The van der Waals surface area contributed by atoms with E-state index in [2.05, 4.69) is 30.8 Å². The van der Waals surface area contributed by atoms with Crippen LogP contribution in [0.15, 0.2) is 0 Å². The zero-order chi connectivity index (χ0) is 15.9. The highest BCUT2D eigenvalue weighted by Gasteiger charge is 2.27. The Bertz CT molecular complexity index is 380. The smallest absolute Gasteiger partial charge is 0.279 e. The second-order valence-electron chi connectivity index (χ2n) is 6.32. The Balaban J connectivity index is 2.34. The highest BCUT2D eigenvalue weighted by atomic mass is 32.2. The average molecular weight is 338 g/mol. The van der Waals surface area contributed by atoms with Crippen molar-refractivity contribution in [3.05, 3.63) is 0 Å². The highest BCUT2D eigenvalue weighted by molar-refractivity contribution is 7.98. The topological polar surface area (TPSA) is 61.4 Å². The quantitative estimate of drug-likeness (QED) is 0.670. The van der Waals surface area contributed by atoms with Crippen molar-refractivity contribution in [3.8, 4) is 0 Å². The van der Waals surface area contributed by atoms with Crippen molar-refractivity contribution in [2.24, 2.45) is 11.8 Å². The summed E-state index contributed by atoms with van der Waals surface area (Å²) in [4.78, 5) is 0. The number of hydrogen-bond donors (Lipinski definition) is 2. The molecule has 0 aromatic carbocycles. The van der Waals surface area contributed by atoms with Gasteiger partial charge in [0.1, 0.15) is 0 Å². The molecule has 0 saturated carbocycles. The third-order valence-corrected chi connectivity index (χ3v) is 6.27. The molecule has 1 aliphatic rings. The minimum Gasteiger partial charge on any atom is -0.314 e. The molecule has 126 valence electrons. The highest BCUT2D eigenvalue weighted by Crippen LogP contribution is 2.18. The second kappa shape index (κ2) is 9.35. The lowest BCUT2D eigenvalue weighted by molar-refractivity contribution is 0.261. The van der Waals surface area contributed by atoms with E-state index >= 15 is 0 Å². The van der Waals surface area contributed by atoms with Gasteiger partial charge in [0.05, 0.1) is 0 Å². The summed E-state index contributed by atoms with van der Waals surface area (Å²) >= 11 is 1.75. The molecule has 1 rings (SSSR count). The maximum absolute atomic E-state index is 12.3. The van der Waals surface area contributed by atoms with Crippen LogP contribution in [-0.2, 0) is 10.2 Å². The van der Waals surface area contributed by atoms with Gasteiger partial charge in [0.2, 0.25) is 0 Å². The molecule has 0 aromatic heterocycles. The van der Waals surface area contributed by atoms with Gasteiger partial charge in [-0.1, -0.05) is 20.8 Å². The summed E-state index contributed by atoms with van der Waals surface area (Å²) in [7, 11) is -3.30. The molecule has 1 saturated heterocycles. The lowest BCUT2D eigenvalue weighted by atomic mass is 9.98. The van der Waals surface area contributed by atoms with Crippen molar-refractivity contribution in [2.45, 2.75) is 39.7 Å². The Morgan fingerprint density at radius 2 is 1.86 bits per heavy atom. The molecule has 1 fully saturated rings. The summed E-state index contributed by atoms with van der Waals surface area (Å²) in [6.07, 6.45) is 3.93. The van der Waals surface area contributed by atoms with Gasteiger partial charge < -0.3 is 5.32 Å². The number of piperidine rings is 1. The number of nitrogens with one attached hydrogen (secondary N) is 2. The summed E-state index contributed by atoms with van der Waals surface area (Å²) in [5.74, 6) is 1.93. The average Bonchev–Trinajstić information content (AvgIpc) is 2.44. The van der Waals surface area contributed by atoms with Gasteiger partial charge in [-0.15, -0.1) is 0 Å². The normalized spacial score (nSPS) is 20.0. The third-order valence-electron chi connectivity index (χ3n) is 3.79. The molecule has 0 aromatic rings. The number of thioether (sulfide) groups is 1. The Morgan fingerprint density at radius 1 is 1.24 bits per heavy atom. The van der Waals surface area contributed by atoms with E-state index in [1.54, 1.807) is 16.1 Å². The van der Waals surface area contributed by atoms with Crippen LogP contribution in [0.2, 0.25) is 0 Å². The van der Waals surface area contributed by atoms with Gasteiger partial charge in [-0.3, -0.25) is 0 Å². The van der Waals surface area contributed by atoms with E-state index in [-0.39, 0.29) is 0 Å². The first-order valence-corrected chi connectivity index (χ1v) is 10.7. The fraction of sp³-hybridized carbons (Fsp3) is 1.00. The van der Waals surface area contributed by atoms with Crippen LogP contribution in [-0.4, -0.2) is 57.0 Å². The van der Waals surface area contributed by atoms with Crippen LogP contribution >= 0.6 is 11.8 Å². The summed E-state index contributed by atoms with van der Waals surface area (Å²) in [5.41, 5.74) is 0. The largest absolute Gasteiger partial charge is 0.314 e. The molecule has 0 amide bonds. The third kappa shape index (κ3) is 7.32. The Kier molecular flexibility index (Phi) is 8.56. The molecule has 1 atom stereocenters. The molecule has 0 aliphatic carbocycles. The van der Waals surface area contributed by atoms with Gasteiger partial charge in [0.15, 0.2) is 0 Å². The van der Waals surface area contributed by atoms with Crippen LogP contribution in [0.1, 0.15) is 33.6 Å². The van der Waals surface area contributed by atoms with Crippen molar-refractivity contribution in [2.75, 3.05) is 38.2 Å². The molecule has 7 heteroatoms. The van der Waals surface area contributed by atoms with E-state index in [0.717, 1.165) is 25.1 Å². The van der Waals surface area contributed by atoms with Gasteiger partial charge in [0.25, 0.3) is 10.2 Å². The first-order chi connectivity index (χ1) is 9.85. The van der Waals surface area contributed by atoms with E-state index < -0.39 is 10.2 Å². The molecule has 0 spiro atoms. The lowest BCUT2D eigenvalue weighted by Gasteiger charge is -2.32. The van der Waals surface area contributed by atoms with Crippen molar-refractivity contribution in [3.63, 3.8) is 0 Å². The SMILES string of the molecule is CSCC(C)CNS(=O)(=O)N1CCC(CNC(C)C)CC1. The standard InChI is InChI=1S/C14H31N3O2S2/c1-12(2)15-10-14-5-7-17(8-6-14)21(18,19)16-9-13(3)11-20-4/h12-16H,5-11H2,1-4H3. The molecule has 5 nitrogen and oxygen atoms in total. The predicted octanol–water partition coefficient (Wildman–Crippen LogP) is 1.53. The molecule has 0 radical (unpaired) electrons. The van der Waals surface area contributed by atoms with Crippen LogP contribution in [0, 0.1) is 11.8 Å². The summed E-state index contributed by atoms with van der Waals surface area (Å²) < 4.78 is 28.9. The number of nitrogens with zero attached hydrogens (tertiary/aromatic N) is 1. The van der Waals surface area contributed by atoms with E-state index in [9.17, 15) is 8.42 Å². The summed E-state index contributed by atoms with van der Waals surface area (Å²) in [5, 5.41) is 3.44. The second-order valence-corrected chi connectivity index (χ2v) is 8.99. The summed E-state index contributed by atoms with van der Waals surface area (Å²) in [6, 6.07) is 0.492. The fourth-order valence-electron chi connectivity index (χ4n) is 2.44. The maximum atomic E-state index is 12.3. The van der Waals surface area contributed by atoms with E-state index in [4.69, 9.17) is 0 Å². The Labute approximate surface area is 134 Å². The van der Waals surface area contributed by atoms with Crippen molar-refractivity contribution < 1.29 is 8.42 Å². The van der Waals surface area contributed by atoms with Crippen LogP contribution in [0.5, 0.6) is 0 Å². The van der Waals surface area contributed by atoms with Crippen molar-refractivity contribution >= 4 is 22.0 Å². The molecule has 21 heavy (non-hydrogen) atoms. The zero-order valence-corrected chi connectivity index (χ0v) is 15.4. The first kappa shape index (κ1) is 19.2. The summed E-state index contributed by atoms with van der Waals surface area (Å²) in [6.45, 7) is 9.14. The Morgan fingerprint density at radius 3 is 2.38 bits per heavy atom. The first-order valence-electron chi connectivity index (χ1n) is 7.82. The number of rotatable bonds is 9. The predicted molar refractivity (Wildman–Crippen MR) is 91.9 cm³/mol. The monoisotopic (exact) mass is 337 g/mol. The molecule has 2 N–H and O–H groups in total. The minimum absolute atomic E-state index is 0.363. The van der Waals surface area contributed by atoms with Gasteiger partial charge >= 0.3 is 0 Å². The Hall–Kier alpha value is 0.180. The van der Waals surface area contributed by atoms with Gasteiger partial charge in [-0.25, -0.2) is 4.72 Å². The van der Waals surface area contributed by atoms with E-state index in [0.29, 0.717) is 37.5 Å². The van der Waals surface area contributed by atoms with Crippen molar-refractivity contribution in [1.29, 1.82) is 0 Å².